The number of aryl methyl sites for hydroxylation is 1. The van der Waals surface area contributed by atoms with Crippen molar-refractivity contribution >= 4 is 37.9 Å². The van der Waals surface area contributed by atoms with Crippen molar-refractivity contribution in [1.29, 1.82) is 0 Å². The topological polar surface area (TPSA) is 50.9 Å². The molecule has 0 saturated heterocycles. The fraction of sp³-hybridized carbons (Fsp3) is 0.412. The highest BCUT2D eigenvalue weighted by molar-refractivity contribution is 9.10. The fourth-order valence-corrected chi connectivity index (χ4v) is 3.35. The lowest BCUT2D eigenvalue weighted by Gasteiger charge is -2.16. The molecule has 2 heterocycles. The van der Waals surface area contributed by atoms with E-state index in [2.05, 4.69) is 43.5 Å². The molecule has 1 atom stereocenters. The van der Waals surface area contributed by atoms with Crippen LogP contribution in [0.15, 0.2) is 28.9 Å². The summed E-state index contributed by atoms with van der Waals surface area (Å²) in [6.45, 7) is 5.32. The summed E-state index contributed by atoms with van der Waals surface area (Å²) >= 11 is 3.55. The van der Waals surface area contributed by atoms with Crippen LogP contribution in [0.2, 0.25) is 0 Å². The van der Waals surface area contributed by atoms with Crippen LogP contribution in [0, 0.1) is 12.8 Å². The molecule has 116 valence electrons. The second kappa shape index (κ2) is 6.34. The van der Waals surface area contributed by atoms with Crippen LogP contribution >= 0.6 is 15.9 Å². The molecule has 5 heteroatoms. The number of aliphatic hydroxyl groups is 1. The van der Waals surface area contributed by atoms with Crippen LogP contribution in [0.1, 0.15) is 25.6 Å². The molecule has 1 N–H and O–H groups in total. The van der Waals surface area contributed by atoms with E-state index in [1.165, 1.54) is 0 Å². The summed E-state index contributed by atoms with van der Waals surface area (Å²) < 4.78 is 3.32. The number of fused-ring (bicyclic) bond motifs is 3. The zero-order chi connectivity index (χ0) is 15.7. The molecular formula is C17H20BrN3O. The average molecular weight is 362 g/mol. The number of benzene rings is 1. The molecule has 1 aromatic carbocycles. The fourth-order valence-electron chi connectivity index (χ4n) is 2.99. The van der Waals surface area contributed by atoms with Gasteiger partial charge in [-0.2, -0.15) is 0 Å². The minimum atomic E-state index is 0.234. The number of pyridine rings is 1. The van der Waals surface area contributed by atoms with Gasteiger partial charge >= 0.3 is 0 Å². The van der Waals surface area contributed by atoms with Crippen LogP contribution in [0.4, 0.5) is 0 Å². The molecule has 0 aliphatic heterocycles. The van der Waals surface area contributed by atoms with Gasteiger partial charge in [-0.05, 0) is 37.5 Å². The van der Waals surface area contributed by atoms with E-state index in [1.807, 2.05) is 25.3 Å². The molecule has 0 amide bonds. The lowest BCUT2D eigenvalue weighted by atomic mass is 10.0. The maximum Gasteiger partial charge on any atom is 0.108 e. The number of hydrogen-bond acceptors (Lipinski definition) is 3. The van der Waals surface area contributed by atoms with Crippen LogP contribution in [0.25, 0.3) is 21.9 Å². The Balaban J connectivity index is 2.20. The summed E-state index contributed by atoms with van der Waals surface area (Å²) in [6.07, 6.45) is 3.72. The number of halogens is 1. The highest BCUT2D eigenvalue weighted by Gasteiger charge is 2.15. The molecule has 0 fully saturated rings. The Kier molecular flexibility index (Phi) is 4.45. The van der Waals surface area contributed by atoms with E-state index in [-0.39, 0.29) is 6.61 Å². The maximum atomic E-state index is 9.25. The number of aromatic nitrogens is 3. The minimum Gasteiger partial charge on any atom is -0.396 e. The van der Waals surface area contributed by atoms with Crippen molar-refractivity contribution in [3.63, 3.8) is 0 Å². The third kappa shape index (κ3) is 2.75. The van der Waals surface area contributed by atoms with Gasteiger partial charge in [-0.3, -0.25) is 4.98 Å². The number of aliphatic hydroxyl groups excluding tert-OH is 1. The van der Waals surface area contributed by atoms with E-state index in [0.29, 0.717) is 5.92 Å². The lowest BCUT2D eigenvalue weighted by molar-refractivity contribution is 0.244. The van der Waals surface area contributed by atoms with Crippen molar-refractivity contribution in [2.45, 2.75) is 33.2 Å². The highest BCUT2D eigenvalue weighted by atomic mass is 79.9. The Morgan fingerprint density at radius 1 is 1.32 bits per heavy atom. The minimum absolute atomic E-state index is 0.234. The summed E-state index contributed by atoms with van der Waals surface area (Å²) in [4.78, 5) is 9.17. The molecule has 4 nitrogen and oxygen atoms in total. The number of rotatable bonds is 5. The van der Waals surface area contributed by atoms with Gasteiger partial charge in [0.1, 0.15) is 11.3 Å². The SMILES string of the molecule is CCC(CCO)Cn1c(C)nc2cnc3ccc(Br)cc3c21. The first-order valence-electron chi connectivity index (χ1n) is 7.66. The molecule has 0 radical (unpaired) electrons. The average Bonchev–Trinajstić information content (AvgIpc) is 2.83. The Morgan fingerprint density at radius 2 is 2.14 bits per heavy atom. The van der Waals surface area contributed by atoms with Crippen LogP contribution in [0.5, 0.6) is 0 Å². The molecule has 3 rings (SSSR count). The van der Waals surface area contributed by atoms with Gasteiger partial charge < -0.3 is 9.67 Å². The standard InChI is InChI=1S/C17H20BrN3O/c1-3-12(6-7-22)10-21-11(2)20-16-9-19-15-5-4-13(18)8-14(15)17(16)21/h4-5,8-9,12,22H,3,6-7,10H2,1-2H3. The predicted octanol–water partition coefficient (Wildman–Crippen LogP) is 4.06. The molecule has 1 unspecified atom stereocenters. The van der Waals surface area contributed by atoms with Gasteiger partial charge in [0.05, 0.1) is 17.2 Å². The summed E-state index contributed by atoms with van der Waals surface area (Å²) in [7, 11) is 0. The molecule has 0 aliphatic rings. The first-order valence-corrected chi connectivity index (χ1v) is 8.45. The second-order valence-corrected chi connectivity index (χ2v) is 6.63. The van der Waals surface area contributed by atoms with Gasteiger partial charge in [-0.1, -0.05) is 29.3 Å². The second-order valence-electron chi connectivity index (χ2n) is 5.71. The number of imidazole rings is 1. The normalized spacial score (nSPS) is 13.1. The van der Waals surface area contributed by atoms with Gasteiger partial charge in [-0.15, -0.1) is 0 Å². The van der Waals surface area contributed by atoms with E-state index < -0.39 is 0 Å². The van der Waals surface area contributed by atoms with Crippen LogP contribution < -0.4 is 0 Å². The number of nitrogens with zero attached hydrogens (tertiary/aromatic N) is 3. The Hall–Kier alpha value is -1.46. The van der Waals surface area contributed by atoms with Crippen molar-refractivity contribution in [3.05, 3.63) is 34.7 Å². The van der Waals surface area contributed by atoms with Crippen molar-refractivity contribution < 1.29 is 5.11 Å². The molecule has 0 saturated carbocycles. The zero-order valence-electron chi connectivity index (χ0n) is 12.9. The predicted molar refractivity (Wildman–Crippen MR) is 93.0 cm³/mol. The first-order chi connectivity index (χ1) is 10.6. The Morgan fingerprint density at radius 3 is 2.86 bits per heavy atom. The monoisotopic (exact) mass is 361 g/mol. The number of hydrogen-bond donors (Lipinski definition) is 1. The smallest absolute Gasteiger partial charge is 0.108 e. The van der Waals surface area contributed by atoms with Crippen LogP contribution in [-0.2, 0) is 6.54 Å². The van der Waals surface area contributed by atoms with Gasteiger partial charge in [0.25, 0.3) is 0 Å². The molecule has 22 heavy (non-hydrogen) atoms. The molecule has 0 spiro atoms. The summed E-state index contributed by atoms with van der Waals surface area (Å²) in [6, 6.07) is 6.14. The van der Waals surface area contributed by atoms with Crippen molar-refractivity contribution in [1.82, 2.24) is 14.5 Å². The van der Waals surface area contributed by atoms with E-state index in [0.717, 1.165) is 51.6 Å². The third-order valence-electron chi connectivity index (χ3n) is 4.28. The molecular weight excluding hydrogens is 342 g/mol. The van der Waals surface area contributed by atoms with Crippen LogP contribution in [0.3, 0.4) is 0 Å². The lowest BCUT2D eigenvalue weighted by Crippen LogP contribution is -2.13. The third-order valence-corrected chi connectivity index (χ3v) is 4.77. The highest BCUT2D eigenvalue weighted by Crippen LogP contribution is 2.28. The molecule has 3 aromatic rings. The Bertz CT molecular complexity index is 812. The summed E-state index contributed by atoms with van der Waals surface area (Å²) in [5.41, 5.74) is 3.05. The largest absolute Gasteiger partial charge is 0.396 e. The quantitative estimate of drug-likeness (QED) is 0.745. The van der Waals surface area contributed by atoms with Gasteiger partial charge in [0.15, 0.2) is 0 Å². The van der Waals surface area contributed by atoms with Gasteiger partial charge in [0.2, 0.25) is 0 Å². The molecule has 0 bridgehead atoms. The van der Waals surface area contributed by atoms with Crippen molar-refractivity contribution in [2.24, 2.45) is 5.92 Å². The molecule has 2 aromatic heterocycles. The summed E-state index contributed by atoms with van der Waals surface area (Å²) in [5, 5.41) is 10.4. The molecule has 0 aliphatic carbocycles. The van der Waals surface area contributed by atoms with Crippen molar-refractivity contribution in [2.75, 3.05) is 6.61 Å². The van der Waals surface area contributed by atoms with E-state index in [9.17, 15) is 5.11 Å². The zero-order valence-corrected chi connectivity index (χ0v) is 14.5. The van der Waals surface area contributed by atoms with Crippen molar-refractivity contribution in [3.8, 4) is 0 Å². The van der Waals surface area contributed by atoms with E-state index in [4.69, 9.17) is 0 Å². The van der Waals surface area contributed by atoms with Gasteiger partial charge in [-0.25, -0.2) is 4.98 Å². The van der Waals surface area contributed by atoms with Crippen LogP contribution in [-0.4, -0.2) is 26.2 Å². The van der Waals surface area contributed by atoms with Gasteiger partial charge in [0, 0.05) is 23.0 Å². The summed E-state index contributed by atoms with van der Waals surface area (Å²) in [5.74, 6) is 1.46. The first kappa shape index (κ1) is 15.4. The van der Waals surface area contributed by atoms with E-state index in [1.54, 1.807) is 0 Å². The maximum absolute atomic E-state index is 9.25. The Labute approximate surface area is 138 Å². The van der Waals surface area contributed by atoms with E-state index >= 15 is 0 Å².